The number of hydrogen-bond acceptors (Lipinski definition) is 8. The zero-order valence-corrected chi connectivity index (χ0v) is 42.2. The third-order valence-electron chi connectivity index (χ3n) is 5.91. The monoisotopic (exact) mass is 970 g/mol. The number of aromatic nitrogens is 2. The van der Waals surface area contributed by atoms with Gasteiger partial charge in [-0.1, -0.05) is 162 Å². The molecule has 322 valence electrons. The molecule has 2 heterocycles. The third kappa shape index (κ3) is 39.3. The van der Waals surface area contributed by atoms with Gasteiger partial charge in [-0.15, -0.1) is 0 Å². The number of aryl methyl sites for hydroxylation is 3. The van der Waals surface area contributed by atoms with Gasteiger partial charge in [0.25, 0.3) is 11.4 Å². The molecule has 6 rings (SSSR count). The maximum absolute atomic E-state index is 10.8. The minimum Gasteiger partial charge on any atom is -0.384 e. The van der Waals surface area contributed by atoms with Crippen molar-refractivity contribution in [2.75, 3.05) is 11.1 Å². The number of nitro benzene ring substituents is 2. The number of rotatable bonds is 4. The second kappa shape index (κ2) is 49.2. The average molecular weight is 971 g/mol. The Morgan fingerprint density at radius 2 is 0.883 bits per heavy atom. The van der Waals surface area contributed by atoms with Gasteiger partial charge in [-0.05, 0) is 51.1 Å². The minimum absolute atomic E-state index is 0. The van der Waals surface area contributed by atoms with Gasteiger partial charge in [0.1, 0.15) is 17.3 Å². The van der Waals surface area contributed by atoms with Crippen LogP contribution in [0.3, 0.4) is 0 Å². The van der Waals surface area contributed by atoms with Gasteiger partial charge in [-0.25, -0.2) is 9.97 Å². The Kier molecular flexibility index (Phi) is 55.3. The molecule has 10 nitrogen and oxygen atoms in total. The molecule has 12 heteroatoms. The van der Waals surface area contributed by atoms with Crippen molar-refractivity contribution in [3.05, 3.63) is 209 Å². The van der Waals surface area contributed by atoms with Crippen molar-refractivity contribution >= 4 is 28.7 Å². The van der Waals surface area contributed by atoms with Crippen LogP contribution in [0, 0.1) is 54.8 Å². The van der Waals surface area contributed by atoms with E-state index in [1.807, 2.05) is 54.6 Å². The summed E-state index contributed by atoms with van der Waals surface area (Å²) in [7, 11) is 0. The van der Waals surface area contributed by atoms with E-state index in [-0.39, 0.29) is 89.1 Å². The second-order valence-electron chi connectivity index (χ2n) is 11.1. The Morgan fingerprint density at radius 1 is 0.533 bits per heavy atom. The predicted octanol–water partition coefficient (Wildman–Crippen LogP) is 14.4. The molecule has 0 aliphatic heterocycles. The van der Waals surface area contributed by atoms with Crippen molar-refractivity contribution in [1.29, 1.82) is 0 Å². The van der Waals surface area contributed by atoms with Gasteiger partial charge < -0.3 is 24.9 Å². The average Bonchev–Trinajstić information content (AvgIpc) is 3.22. The first kappa shape index (κ1) is 67.6. The Bertz CT molecular complexity index is 1700. The van der Waals surface area contributed by atoms with Crippen LogP contribution in [0.2, 0.25) is 0 Å². The van der Waals surface area contributed by atoms with Gasteiger partial charge in [-0.3, -0.25) is 20.2 Å². The van der Waals surface area contributed by atoms with E-state index in [4.69, 9.17) is 5.73 Å². The van der Waals surface area contributed by atoms with E-state index in [0.29, 0.717) is 22.9 Å². The van der Waals surface area contributed by atoms with E-state index in [0.717, 1.165) is 0 Å². The zero-order valence-electron chi connectivity index (χ0n) is 36.5. The molecule has 0 fully saturated rings. The fraction of sp³-hybridized carbons (Fsp3) is 0.250. The summed E-state index contributed by atoms with van der Waals surface area (Å²) >= 11 is 0. The van der Waals surface area contributed by atoms with E-state index in [1.165, 1.54) is 36.1 Å². The van der Waals surface area contributed by atoms with Gasteiger partial charge in [0.2, 0.25) is 0 Å². The summed E-state index contributed by atoms with van der Waals surface area (Å²) < 4.78 is 0. The molecule has 0 saturated heterocycles. The summed E-state index contributed by atoms with van der Waals surface area (Å²) in [5.74, 6) is 1.15. The van der Waals surface area contributed by atoms with Crippen LogP contribution in [0.25, 0.3) is 0 Å². The number of nitrogen functional groups attached to an aromatic ring is 1. The van der Waals surface area contributed by atoms with E-state index in [2.05, 4.69) is 94.9 Å². The molecule has 0 amide bonds. The second-order valence-corrected chi connectivity index (χ2v) is 11.1. The Balaban J connectivity index is -0.000000147. The number of hydrogen-bond donors (Lipinski definition) is 2. The summed E-state index contributed by atoms with van der Waals surface area (Å²) in [6.07, 6.45) is 5.78. The summed E-state index contributed by atoms with van der Waals surface area (Å²) in [5, 5.41) is 23.9. The topological polar surface area (TPSA) is 150 Å². The zero-order chi connectivity index (χ0) is 43.7. The van der Waals surface area contributed by atoms with Crippen molar-refractivity contribution < 1.29 is 75.3 Å². The van der Waals surface area contributed by atoms with Crippen LogP contribution >= 0.6 is 0 Å². The van der Waals surface area contributed by atoms with Gasteiger partial charge in [0.05, 0.1) is 9.85 Å². The van der Waals surface area contributed by atoms with E-state index in [9.17, 15) is 20.2 Å². The first-order valence-corrected chi connectivity index (χ1v) is 18.7. The molecule has 4 aromatic carbocycles. The maximum Gasteiger partial charge on any atom is 0.292 e. The predicted molar refractivity (Wildman–Crippen MR) is 250 cm³/mol. The fourth-order valence-electron chi connectivity index (χ4n) is 3.53. The Hall–Kier alpha value is -4.21. The van der Waals surface area contributed by atoms with Crippen molar-refractivity contribution in [3.8, 4) is 0 Å². The molecule has 3 N–H and O–H groups in total. The molecular weight excluding hydrogens is 902 g/mol. The van der Waals surface area contributed by atoms with Crippen molar-refractivity contribution in [2.24, 2.45) is 0 Å². The number of benzene rings is 4. The number of nitrogens with one attached hydrogen (secondary N) is 1. The van der Waals surface area contributed by atoms with Gasteiger partial charge in [-0.2, -0.15) is 13.8 Å². The van der Waals surface area contributed by atoms with Crippen LogP contribution in [0.1, 0.15) is 78.5 Å². The molecule has 6 aromatic rings. The van der Waals surface area contributed by atoms with Gasteiger partial charge >= 0.3 is 0 Å². The minimum atomic E-state index is -0.425. The fourth-order valence-corrected chi connectivity index (χ4v) is 3.53. The molecule has 0 atom stereocenters. The number of pyridine rings is 2. The number of para-hydroxylation sites is 3. The molecule has 2 radical (unpaired) electrons. The van der Waals surface area contributed by atoms with Crippen LogP contribution in [-0.4, -0.2) is 19.8 Å². The molecule has 0 bridgehead atoms. The van der Waals surface area contributed by atoms with E-state index < -0.39 is 4.92 Å². The SMILES string of the molecule is C.CCC.CCC.Cc1ccccc1.Cc1ccccc1.Cc1ccccc1[N+](=O)[O-].Nc1ccccn1.O=[N+]([O-])c1ccccc1Nc1ccccn1.[CH2-]C.[CH2-]C.[Y].[Y]. The molecule has 2 aromatic heterocycles. The molecule has 0 aliphatic carbocycles. The molecule has 0 saturated carbocycles. The van der Waals surface area contributed by atoms with Crippen LogP contribution in [-0.2, 0) is 65.4 Å². The van der Waals surface area contributed by atoms with Crippen molar-refractivity contribution in [2.45, 2.75) is 82.6 Å². The van der Waals surface area contributed by atoms with Crippen molar-refractivity contribution in [3.63, 3.8) is 0 Å². The molecular formula is C48H68N6O4Y2-2. The van der Waals surface area contributed by atoms with Crippen LogP contribution < -0.4 is 11.1 Å². The summed E-state index contributed by atoms with van der Waals surface area (Å²) in [4.78, 5) is 28.0. The van der Waals surface area contributed by atoms with Gasteiger partial charge in [0, 0.05) is 95.5 Å². The number of nitrogens with zero attached hydrogens (tertiary/aromatic N) is 4. The summed E-state index contributed by atoms with van der Waals surface area (Å²) in [6.45, 7) is 24.4. The summed E-state index contributed by atoms with van der Waals surface area (Å²) in [5.41, 5.74) is 9.25. The smallest absolute Gasteiger partial charge is 0.292 e. The standard InChI is InChI=1S/C11H9N3O2.C7H7NO2.2C7H8.C5H6N2.2C3H8.2C2H5.CH4.2Y/c15-14(16)10-6-2-1-5-9(10)13-11-7-3-4-8-12-11;1-6-4-2-3-5-7(6)8(9)10;2*1-7-5-3-2-4-6-7;6-5-3-1-2-4-7-5;2*1-3-2;2*1-2;;;/h1-8H,(H,12,13);2-5H,1H3;2*2-6H,1H3;1-4H,(H2,6,7);2*3H2,1-2H3;2*1H2,2H3;1H4;;/q;;;;;;;2*-1;;;. The molecule has 60 heavy (non-hydrogen) atoms. The molecule has 0 unspecified atom stereocenters. The van der Waals surface area contributed by atoms with E-state index in [1.54, 1.807) is 87.8 Å². The Morgan fingerprint density at radius 3 is 1.17 bits per heavy atom. The largest absolute Gasteiger partial charge is 0.384 e. The van der Waals surface area contributed by atoms with Gasteiger partial charge in [0.15, 0.2) is 0 Å². The third-order valence-corrected chi connectivity index (χ3v) is 5.91. The van der Waals surface area contributed by atoms with Crippen molar-refractivity contribution in [1.82, 2.24) is 9.97 Å². The van der Waals surface area contributed by atoms with Crippen LogP contribution in [0.5, 0.6) is 0 Å². The normalized spacial score (nSPS) is 7.98. The van der Waals surface area contributed by atoms with E-state index >= 15 is 0 Å². The molecule has 0 spiro atoms. The number of nitro groups is 2. The first-order valence-electron chi connectivity index (χ1n) is 18.7. The maximum atomic E-state index is 10.8. The number of anilines is 3. The number of nitrogens with two attached hydrogens (primary N) is 1. The summed E-state index contributed by atoms with van der Waals surface area (Å²) in [6, 6.07) is 44.4. The Labute approximate surface area is 412 Å². The van der Waals surface area contributed by atoms with Crippen LogP contribution in [0.4, 0.5) is 28.7 Å². The van der Waals surface area contributed by atoms with Crippen LogP contribution in [0.15, 0.2) is 158 Å². The first-order chi connectivity index (χ1) is 27.5. The molecule has 0 aliphatic rings. The quantitative estimate of drug-likeness (QED) is 0.101.